The first-order valence-electron chi connectivity index (χ1n) is 9.81. The lowest BCUT2D eigenvalue weighted by atomic mass is 9.99. The lowest BCUT2D eigenvalue weighted by Gasteiger charge is -2.06. The van der Waals surface area contributed by atoms with Gasteiger partial charge in [-0.05, 0) is 43.2 Å². The normalized spacial score (nSPS) is 11.1. The molecule has 2 heteroatoms. The number of aromatic nitrogens is 1. The van der Waals surface area contributed by atoms with Crippen LogP contribution in [0.25, 0.3) is 42.9 Å². The molecule has 0 saturated heterocycles. The van der Waals surface area contributed by atoms with Gasteiger partial charge in [0.2, 0.25) is 0 Å². The van der Waals surface area contributed by atoms with Crippen molar-refractivity contribution in [3.05, 3.63) is 102 Å². The summed E-state index contributed by atoms with van der Waals surface area (Å²) >= 11 is 1.85. The number of fused-ring (bicyclic) bond motifs is 1. The molecule has 29 heavy (non-hydrogen) atoms. The van der Waals surface area contributed by atoms with Gasteiger partial charge in [-0.1, -0.05) is 77.9 Å². The van der Waals surface area contributed by atoms with E-state index in [9.17, 15) is 0 Å². The number of nitrogens with zero attached hydrogens (tertiary/aromatic N) is 1. The van der Waals surface area contributed by atoms with E-state index in [4.69, 9.17) is 4.98 Å². The first kappa shape index (κ1) is 17.8. The molecule has 2 aromatic heterocycles. The Labute approximate surface area is 175 Å². The van der Waals surface area contributed by atoms with Crippen molar-refractivity contribution < 1.29 is 0 Å². The summed E-state index contributed by atoms with van der Waals surface area (Å²) in [6, 6.07) is 30.2. The minimum absolute atomic E-state index is 1.03. The van der Waals surface area contributed by atoms with Crippen LogP contribution in [0.5, 0.6) is 0 Å². The zero-order chi connectivity index (χ0) is 19.8. The van der Waals surface area contributed by atoms with Crippen LogP contribution >= 0.6 is 11.3 Å². The Morgan fingerprint density at radius 1 is 0.655 bits per heavy atom. The smallest absolute Gasteiger partial charge is 0.0716 e. The van der Waals surface area contributed by atoms with E-state index >= 15 is 0 Å². The first-order chi connectivity index (χ1) is 14.2. The van der Waals surface area contributed by atoms with Crippen LogP contribution in [-0.4, -0.2) is 4.98 Å². The summed E-state index contributed by atoms with van der Waals surface area (Å²) in [5.74, 6) is 0. The molecule has 0 atom stereocenters. The fraction of sp³-hybridized carbons (Fsp3) is 0.0741. The van der Waals surface area contributed by atoms with Crippen LogP contribution in [-0.2, 0) is 0 Å². The highest BCUT2D eigenvalue weighted by molar-refractivity contribution is 7.23. The molecule has 0 aliphatic heterocycles. The van der Waals surface area contributed by atoms with Gasteiger partial charge in [-0.3, -0.25) is 4.98 Å². The van der Waals surface area contributed by atoms with Gasteiger partial charge in [-0.2, -0.15) is 0 Å². The Morgan fingerprint density at radius 3 is 1.93 bits per heavy atom. The van der Waals surface area contributed by atoms with Gasteiger partial charge >= 0.3 is 0 Å². The van der Waals surface area contributed by atoms with Gasteiger partial charge in [0.05, 0.1) is 5.69 Å². The summed E-state index contributed by atoms with van der Waals surface area (Å²) in [7, 11) is 0. The van der Waals surface area contributed by atoms with E-state index in [1.165, 1.54) is 48.3 Å². The second-order valence-electron chi connectivity index (χ2n) is 7.48. The van der Waals surface area contributed by atoms with Crippen LogP contribution in [0.4, 0.5) is 0 Å². The second-order valence-corrected chi connectivity index (χ2v) is 8.53. The van der Waals surface area contributed by atoms with E-state index in [0.29, 0.717) is 0 Å². The summed E-state index contributed by atoms with van der Waals surface area (Å²) in [6.45, 7) is 4.28. The van der Waals surface area contributed by atoms with Crippen molar-refractivity contribution in [3.8, 4) is 32.8 Å². The Bertz CT molecular complexity index is 1280. The van der Waals surface area contributed by atoms with Crippen LogP contribution in [0.1, 0.15) is 11.1 Å². The highest BCUT2D eigenvalue weighted by Crippen LogP contribution is 2.45. The zero-order valence-electron chi connectivity index (χ0n) is 16.5. The highest BCUT2D eigenvalue weighted by Gasteiger charge is 2.16. The number of aryl methyl sites for hydroxylation is 2. The van der Waals surface area contributed by atoms with Crippen LogP contribution in [0.2, 0.25) is 0 Å². The number of hydrogen-bond donors (Lipinski definition) is 0. The van der Waals surface area contributed by atoms with Crippen LogP contribution < -0.4 is 0 Å². The molecule has 0 aliphatic carbocycles. The standard InChI is InChI=1S/C27H21NS/c1-18-13-19(2)15-22(14-18)24-16-25-23(17-28-24)26(20-9-5-3-6-10-20)27(29-25)21-11-7-4-8-12-21/h3-17H,1-2H3. The van der Waals surface area contributed by atoms with E-state index < -0.39 is 0 Å². The number of hydrogen-bond acceptors (Lipinski definition) is 2. The topological polar surface area (TPSA) is 12.9 Å². The fourth-order valence-electron chi connectivity index (χ4n) is 3.96. The van der Waals surface area contributed by atoms with E-state index in [2.05, 4.69) is 98.8 Å². The summed E-state index contributed by atoms with van der Waals surface area (Å²) in [5, 5.41) is 1.22. The molecule has 0 saturated carbocycles. The third-order valence-corrected chi connectivity index (χ3v) is 6.39. The SMILES string of the molecule is Cc1cc(C)cc(-c2cc3sc(-c4ccccc4)c(-c4ccccc4)c3cn2)c1. The van der Waals surface area contributed by atoms with Gasteiger partial charge < -0.3 is 0 Å². The third kappa shape index (κ3) is 3.37. The molecule has 1 nitrogen and oxygen atoms in total. The Kier molecular flexibility index (Phi) is 4.49. The zero-order valence-corrected chi connectivity index (χ0v) is 17.3. The van der Waals surface area contributed by atoms with E-state index in [0.717, 1.165) is 5.69 Å². The molecule has 0 amide bonds. The van der Waals surface area contributed by atoms with Crippen molar-refractivity contribution in [2.75, 3.05) is 0 Å². The average Bonchev–Trinajstić information content (AvgIpc) is 3.13. The van der Waals surface area contributed by atoms with E-state index in [1.54, 1.807) is 0 Å². The minimum atomic E-state index is 1.03. The first-order valence-corrected chi connectivity index (χ1v) is 10.6. The van der Waals surface area contributed by atoms with Crippen molar-refractivity contribution in [2.45, 2.75) is 13.8 Å². The number of thiophene rings is 1. The number of pyridine rings is 1. The monoisotopic (exact) mass is 391 g/mol. The average molecular weight is 392 g/mol. The van der Waals surface area contributed by atoms with Crippen molar-refractivity contribution >= 4 is 21.4 Å². The molecule has 3 aromatic carbocycles. The molecule has 0 fully saturated rings. The summed E-state index contributed by atoms with van der Waals surface area (Å²) in [5.41, 5.74) is 8.51. The van der Waals surface area contributed by atoms with E-state index in [-0.39, 0.29) is 0 Å². The Morgan fingerprint density at radius 2 is 1.28 bits per heavy atom. The van der Waals surface area contributed by atoms with Gasteiger partial charge in [-0.15, -0.1) is 11.3 Å². The Hall–Kier alpha value is -3.23. The molecular formula is C27H21NS. The molecular weight excluding hydrogens is 370 g/mol. The van der Waals surface area contributed by atoms with Crippen molar-refractivity contribution in [3.63, 3.8) is 0 Å². The maximum absolute atomic E-state index is 4.86. The van der Waals surface area contributed by atoms with Crippen molar-refractivity contribution in [1.82, 2.24) is 4.98 Å². The molecule has 5 aromatic rings. The molecule has 5 rings (SSSR count). The minimum Gasteiger partial charge on any atom is -0.256 e. The van der Waals surface area contributed by atoms with Gasteiger partial charge in [0.1, 0.15) is 0 Å². The summed E-state index contributed by atoms with van der Waals surface area (Å²) < 4.78 is 1.27. The number of rotatable bonds is 3. The quantitative estimate of drug-likeness (QED) is 0.304. The van der Waals surface area contributed by atoms with Crippen molar-refractivity contribution in [2.24, 2.45) is 0 Å². The van der Waals surface area contributed by atoms with Gasteiger partial charge in [0.15, 0.2) is 0 Å². The van der Waals surface area contributed by atoms with Gasteiger partial charge in [0, 0.05) is 32.3 Å². The lowest BCUT2D eigenvalue weighted by molar-refractivity contribution is 1.33. The molecule has 0 radical (unpaired) electrons. The third-order valence-electron chi connectivity index (χ3n) is 5.19. The summed E-state index contributed by atoms with van der Waals surface area (Å²) in [6.07, 6.45) is 2.05. The van der Waals surface area contributed by atoms with Gasteiger partial charge in [-0.25, -0.2) is 0 Å². The molecule has 0 N–H and O–H groups in total. The fourth-order valence-corrected chi connectivity index (χ4v) is 5.20. The molecule has 0 unspecified atom stereocenters. The predicted molar refractivity (Wildman–Crippen MR) is 125 cm³/mol. The van der Waals surface area contributed by atoms with Crippen LogP contribution in [0.15, 0.2) is 91.1 Å². The second kappa shape index (κ2) is 7.31. The maximum atomic E-state index is 4.86. The molecule has 2 heterocycles. The molecule has 140 valence electrons. The molecule has 0 spiro atoms. The van der Waals surface area contributed by atoms with Crippen molar-refractivity contribution in [1.29, 1.82) is 0 Å². The largest absolute Gasteiger partial charge is 0.256 e. The van der Waals surface area contributed by atoms with E-state index in [1.807, 2.05) is 17.5 Å². The van der Waals surface area contributed by atoms with Crippen LogP contribution in [0, 0.1) is 13.8 Å². The Balaban J connectivity index is 1.76. The van der Waals surface area contributed by atoms with Crippen LogP contribution in [0.3, 0.4) is 0 Å². The van der Waals surface area contributed by atoms with Gasteiger partial charge in [0.25, 0.3) is 0 Å². The molecule has 0 bridgehead atoms. The lowest BCUT2D eigenvalue weighted by Crippen LogP contribution is -1.86. The maximum Gasteiger partial charge on any atom is 0.0716 e. The number of benzene rings is 3. The summed E-state index contributed by atoms with van der Waals surface area (Å²) in [4.78, 5) is 6.16. The predicted octanol–water partition coefficient (Wildman–Crippen LogP) is 7.91. The highest BCUT2D eigenvalue weighted by atomic mass is 32.1. The molecule has 0 aliphatic rings.